The fourth-order valence-corrected chi connectivity index (χ4v) is 2.58. The molecule has 0 bridgehead atoms. The van der Waals surface area contributed by atoms with Gasteiger partial charge in [-0.1, -0.05) is 26.0 Å². The standard InChI is InChI=1S/C13H18/c1-4-11-7-10(3)13-9(2)5-6-12(13)8-11/h7-9H,4-6H2,1-3H3. The van der Waals surface area contributed by atoms with Crippen LogP contribution >= 0.6 is 0 Å². The highest BCUT2D eigenvalue weighted by molar-refractivity contribution is 5.43. The first-order chi connectivity index (χ1) is 6.22. The maximum Gasteiger partial charge on any atom is -0.0182 e. The fourth-order valence-electron chi connectivity index (χ4n) is 2.58. The van der Waals surface area contributed by atoms with Crippen LogP contribution in [0.4, 0.5) is 0 Å². The molecular formula is C13H18. The second kappa shape index (κ2) is 3.17. The third-order valence-corrected chi connectivity index (χ3v) is 3.28. The van der Waals surface area contributed by atoms with Gasteiger partial charge in [-0.15, -0.1) is 0 Å². The van der Waals surface area contributed by atoms with Gasteiger partial charge in [0.2, 0.25) is 0 Å². The van der Waals surface area contributed by atoms with Crippen LogP contribution in [0.3, 0.4) is 0 Å². The average Bonchev–Trinajstić information content (AvgIpc) is 2.48. The lowest BCUT2D eigenvalue weighted by atomic mass is 9.95. The molecule has 0 heterocycles. The summed E-state index contributed by atoms with van der Waals surface area (Å²) in [7, 11) is 0. The molecule has 70 valence electrons. The smallest absolute Gasteiger partial charge is 0.0182 e. The van der Waals surface area contributed by atoms with E-state index in [2.05, 4.69) is 32.9 Å². The van der Waals surface area contributed by atoms with Crippen LogP contribution in [0.5, 0.6) is 0 Å². The van der Waals surface area contributed by atoms with Gasteiger partial charge in [0, 0.05) is 0 Å². The Morgan fingerprint density at radius 3 is 2.85 bits per heavy atom. The molecule has 1 atom stereocenters. The van der Waals surface area contributed by atoms with Crippen molar-refractivity contribution >= 4 is 0 Å². The van der Waals surface area contributed by atoms with Crippen molar-refractivity contribution in [2.75, 3.05) is 0 Å². The average molecular weight is 174 g/mol. The number of rotatable bonds is 1. The Balaban J connectivity index is 2.53. The Hall–Kier alpha value is -0.780. The Bertz CT molecular complexity index is 323. The third-order valence-electron chi connectivity index (χ3n) is 3.28. The van der Waals surface area contributed by atoms with Crippen molar-refractivity contribution in [1.82, 2.24) is 0 Å². The Labute approximate surface area is 81.0 Å². The highest BCUT2D eigenvalue weighted by Crippen LogP contribution is 2.35. The molecule has 0 radical (unpaired) electrons. The second-order valence-corrected chi connectivity index (χ2v) is 4.28. The van der Waals surface area contributed by atoms with E-state index in [-0.39, 0.29) is 0 Å². The molecule has 1 aromatic rings. The van der Waals surface area contributed by atoms with Crippen LogP contribution in [-0.4, -0.2) is 0 Å². The number of fused-ring (bicyclic) bond motifs is 1. The SMILES string of the molecule is CCc1cc(C)c2c(c1)CCC2C. The van der Waals surface area contributed by atoms with Gasteiger partial charge in [-0.05, 0) is 54.4 Å². The predicted octanol–water partition coefficient (Wildman–Crippen LogP) is 3.61. The van der Waals surface area contributed by atoms with Crippen molar-refractivity contribution in [2.24, 2.45) is 0 Å². The fraction of sp³-hybridized carbons (Fsp3) is 0.538. The summed E-state index contributed by atoms with van der Waals surface area (Å²) in [5.74, 6) is 0.793. The van der Waals surface area contributed by atoms with Crippen molar-refractivity contribution in [3.63, 3.8) is 0 Å². The van der Waals surface area contributed by atoms with Gasteiger partial charge < -0.3 is 0 Å². The highest BCUT2D eigenvalue weighted by atomic mass is 14.2. The van der Waals surface area contributed by atoms with E-state index in [4.69, 9.17) is 0 Å². The maximum absolute atomic E-state index is 2.41. The normalized spacial score (nSPS) is 20.4. The lowest BCUT2D eigenvalue weighted by molar-refractivity contribution is 0.744. The topological polar surface area (TPSA) is 0 Å². The van der Waals surface area contributed by atoms with E-state index in [1.165, 1.54) is 30.4 Å². The molecule has 0 saturated carbocycles. The van der Waals surface area contributed by atoms with Gasteiger partial charge in [0.05, 0.1) is 0 Å². The lowest BCUT2D eigenvalue weighted by Gasteiger charge is -2.10. The summed E-state index contributed by atoms with van der Waals surface area (Å²) in [6, 6.07) is 4.77. The summed E-state index contributed by atoms with van der Waals surface area (Å²) >= 11 is 0. The molecule has 0 fully saturated rings. The summed E-state index contributed by atoms with van der Waals surface area (Å²) < 4.78 is 0. The van der Waals surface area contributed by atoms with Gasteiger partial charge in [-0.3, -0.25) is 0 Å². The third kappa shape index (κ3) is 1.39. The molecule has 1 aromatic carbocycles. The summed E-state index contributed by atoms with van der Waals surface area (Å²) in [6.45, 7) is 6.85. The van der Waals surface area contributed by atoms with Gasteiger partial charge in [0.1, 0.15) is 0 Å². The van der Waals surface area contributed by atoms with Crippen molar-refractivity contribution in [2.45, 2.75) is 46.0 Å². The number of hydrogen-bond donors (Lipinski definition) is 0. The van der Waals surface area contributed by atoms with Crippen LogP contribution in [0.25, 0.3) is 0 Å². The summed E-state index contributed by atoms with van der Waals surface area (Å²) in [6.07, 6.45) is 3.82. The summed E-state index contributed by atoms with van der Waals surface area (Å²) in [5.41, 5.74) is 6.27. The van der Waals surface area contributed by atoms with Crippen LogP contribution in [-0.2, 0) is 12.8 Å². The van der Waals surface area contributed by atoms with Crippen LogP contribution in [0, 0.1) is 6.92 Å². The molecule has 0 aromatic heterocycles. The molecule has 1 unspecified atom stereocenters. The molecule has 0 spiro atoms. The van der Waals surface area contributed by atoms with Crippen LogP contribution in [0.15, 0.2) is 12.1 Å². The van der Waals surface area contributed by atoms with E-state index in [0.717, 1.165) is 5.92 Å². The number of hydrogen-bond acceptors (Lipinski definition) is 0. The Kier molecular flexibility index (Phi) is 2.15. The molecule has 0 amide bonds. The van der Waals surface area contributed by atoms with E-state index in [1.807, 2.05) is 0 Å². The molecule has 1 aliphatic rings. The lowest BCUT2D eigenvalue weighted by Crippen LogP contribution is -1.93. The number of aryl methyl sites for hydroxylation is 3. The first-order valence-electron chi connectivity index (χ1n) is 5.34. The zero-order chi connectivity index (χ0) is 9.42. The molecule has 0 N–H and O–H groups in total. The zero-order valence-corrected chi connectivity index (χ0v) is 8.85. The Morgan fingerprint density at radius 2 is 2.15 bits per heavy atom. The molecule has 1 aliphatic carbocycles. The largest absolute Gasteiger partial charge is 0.0613 e. The minimum absolute atomic E-state index is 0.793. The van der Waals surface area contributed by atoms with E-state index >= 15 is 0 Å². The predicted molar refractivity (Wildman–Crippen MR) is 57.3 cm³/mol. The summed E-state index contributed by atoms with van der Waals surface area (Å²) in [5, 5.41) is 0. The first kappa shape index (κ1) is 8.80. The molecular weight excluding hydrogens is 156 g/mol. The van der Waals surface area contributed by atoms with Gasteiger partial charge >= 0.3 is 0 Å². The molecule has 0 saturated heterocycles. The van der Waals surface area contributed by atoms with Gasteiger partial charge in [0.15, 0.2) is 0 Å². The first-order valence-corrected chi connectivity index (χ1v) is 5.34. The summed E-state index contributed by atoms with van der Waals surface area (Å²) in [4.78, 5) is 0. The van der Waals surface area contributed by atoms with E-state index in [0.29, 0.717) is 0 Å². The van der Waals surface area contributed by atoms with Crippen molar-refractivity contribution in [3.05, 3.63) is 34.4 Å². The van der Waals surface area contributed by atoms with Crippen molar-refractivity contribution < 1.29 is 0 Å². The second-order valence-electron chi connectivity index (χ2n) is 4.28. The van der Waals surface area contributed by atoms with E-state index in [9.17, 15) is 0 Å². The molecule has 0 nitrogen and oxygen atoms in total. The minimum Gasteiger partial charge on any atom is -0.0613 e. The van der Waals surface area contributed by atoms with Gasteiger partial charge in [-0.2, -0.15) is 0 Å². The van der Waals surface area contributed by atoms with E-state index in [1.54, 1.807) is 11.1 Å². The maximum atomic E-state index is 2.41. The monoisotopic (exact) mass is 174 g/mol. The van der Waals surface area contributed by atoms with Crippen LogP contribution < -0.4 is 0 Å². The molecule has 2 rings (SSSR count). The molecule has 0 heteroatoms. The quantitative estimate of drug-likeness (QED) is 0.610. The minimum atomic E-state index is 0.793. The van der Waals surface area contributed by atoms with Gasteiger partial charge in [0.25, 0.3) is 0 Å². The van der Waals surface area contributed by atoms with Crippen LogP contribution in [0.1, 0.15) is 48.4 Å². The van der Waals surface area contributed by atoms with E-state index < -0.39 is 0 Å². The molecule has 13 heavy (non-hydrogen) atoms. The Morgan fingerprint density at radius 1 is 1.38 bits per heavy atom. The molecule has 0 aliphatic heterocycles. The zero-order valence-electron chi connectivity index (χ0n) is 8.85. The highest BCUT2D eigenvalue weighted by Gasteiger charge is 2.20. The van der Waals surface area contributed by atoms with Crippen molar-refractivity contribution in [1.29, 1.82) is 0 Å². The number of benzene rings is 1. The van der Waals surface area contributed by atoms with Crippen LogP contribution in [0.2, 0.25) is 0 Å². The van der Waals surface area contributed by atoms with Crippen molar-refractivity contribution in [3.8, 4) is 0 Å². The van der Waals surface area contributed by atoms with Gasteiger partial charge in [-0.25, -0.2) is 0 Å².